The third-order valence-corrected chi connectivity index (χ3v) is 5.64. The van der Waals surface area contributed by atoms with E-state index in [4.69, 9.17) is 9.47 Å². The van der Waals surface area contributed by atoms with Gasteiger partial charge in [0.25, 0.3) is 5.91 Å². The summed E-state index contributed by atoms with van der Waals surface area (Å²) in [6, 6.07) is 5.04. The fraction of sp³-hybridized carbons (Fsp3) is 0.350. The molecule has 0 radical (unpaired) electrons. The molecule has 1 saturated heterocycles. The number of carbonyl (C=O) groups is 3. The monoisotopic (exact) mass is 415 g/mol. The molecule has 1 fully saturated rings. The molecular weight excluding hydrogens is 394 g/mol. The number of hydrogen-bond donors (Lipinski definition) is 1. The molecule has 0 unspecified atom stereocenters. The molecule has 0 saturated carbocycles. The van der Waals surface area contributed by atoms with Crippen molar-refractivity contribution in [3.05, 3.63) is 40.1 Å². The highest BCUT2D eigenvalue weighted by Gasteiger charge is 2.25. The van der Waals surface area contributed by atoms with Crippen LogP contribution in [0.3, 0.4) is 0 Å². The standard InChI is InChI=1S/C20H21N3O5S/c1-13(24)15-8-17-18(28-12-27-17)9-16(15)21-19(25)10-22-3-5-23(6-4-22)20(26)14-2-7-29-11-14/h2,7-9,11H,3-6,10,12H2,1H3,(H,21,25). The van der Waals surface area contributed by atoms with Crippen LogP contribution in [-0.2, 0) is 4.79 Å². The lowest BCUT2D eigenvalue weighted by atomic mass is 10.1. The molecule has 0 bridgehead atoms. The van der Waals surface area contributed by atoms with Crippen LogP contribution < -0.4 is 14.8 Å². The molecule has 2 aliphatic rings. The molecule has 3 heterocycles. The number of amides is 2. The van der Waals surface area contributed by atoms with Gasteiger partial charge in [0, 0.05) is 43.2 Å². The Labute approximate surface area is 172 Å². The van der Waals surface area contributed by atoms with E-state index in [9.17, 15) is 14.4 Å². The number of carbonyl (C=O) groups excluding carboxylic acids is 3. The van der Waals surface area contributed by atoms with Crippen molar-refractivity contribution < 1.29 is 23.9 Å². The Bertz CT molecular complexity index is 936. The first kappa shape index (κ1) is 19.4. The molecular formula is C20H21N3O5S. The van der Waals surface area contributed by atoms with Crippen molar-refractivity contribution in [1.29, 1.82) is 0 Å². The minimum Gasteiger partial charge on any atom is -0.454 e. The number of thiophene rings is 1. The summed E-state index contributed by atoms with van der Waals surface area (Å²) in [7, 11) is 0. The van der Waals surface area contributed by atoms with Crippen LogP contribution in [0.2, 0.25) is 0 Å². The predicted molar refractivity (Wildman–Crippen MR) is 108 cm³/mol. The maximum atomic E-state index is 12.5. The number of piperazine rings is 1. The van der Waals surface area contributed by atoms with Crippen LogP contribution in [0.4, 0.5) is 5.69 Å². The van der Waals surface area contributed by atoms with E-state index in [1.54, 1.807) is 12.1 Å². The van der Waals surface area contributed by atoms with E-state index in [0.29, 0.717) is 54.5 Å². The number of nitrogens with zero attached hydrogens (tertiary/aromatic N) is 2. The van der Waals surface area contributed by atoms with Crippen molar-refractivity contribution in [1.82, 2.24) is 9.80 Å². The van der Waals surface area contributed by atoms with Gasteiger partial charge in [-0.3, -0.25) is 19.3 Å². The van der Waals surface area contributed by atoms with E-state index in [-0.39, 0.29) is 30.9 Å². The molecule has 9 heteroatoms. The fourth-order valence-corrected chi connectivity index (χ4v) is 4.04. The molecule has 152 valence electrons. The quantitative estimate of drug-likeness (QED) is 0.753. The van der Waals surface area contributed by atoms with Gasteiger partial charge in [-0.25, -0.2) is 0 Å². The fourth-order valence-electron chi connectivity index (χ4n) is 3.41. The minimum atomic E-state index is -0.219. The van der Waals surface area contributed by atoms with Gasteiger partial charge in [0.05, 0.1) is 17.8 Å². The summed E-state index contributed by atoms with van der Waals surface area (Å²) in [5.74, 6) is 0.649. The van der Waals surface area contributed by atoms with Crippen molar-refractivity contribution in [2.75, 3.05) is 44.8 Å². The largest absolute Gasteiger partial charge is 0.454 e. The highest BCUT2D eigenvalue weighted by atomic mass is 32.1. The van der Waals surface area contributed by atoms with Gasteiger partial charge in [0.2, 0.25) is 12.7 Å². The molecule has 29 heavy (non-hydrogen) atoms. The average Bonchev–Trinajstić information content (AvgIpc) is 3.39. The molecule has 1 aromatic carbocycles. The third kappa shape index (κ3) is 4.25. The van der Waals surface area contributed by atoms with Gasteiger partial charge < -0.3 is 19.7 Å². The van der Waals surface area contributed by atoms with Gasteiger partial charge in [-0.1, -0.05) is 0 Å². The molecule has 1 aromatic heterocycles. The van der Waals surface area contributed by atoms with E-state index in [1.807, 2.05) is 26.6 Å². The molecule has 4 rings (SSSR count). The van der Waals surface area contributed by atoms with Gasteiger partial charge in [-0.05, 0) is 24.4 Å². The summed E-state index contributed by atoms with van der Waals surface area (Å²) in [5.41, 5.74) is 1.51. The number of fused-ring (bicyclic) bond motifs is 1. The van der Waals surface area contributed by atoms with E-state index < -0.39 is 0 Å². The first-order valence-electron chi connectivity index (χ1n) is 9.29. The van der Waals surface area contributed by atoms with Crippen LogP contribution in [0.1, 0.15) is 27.6 Å². The Balaban J connectivity index is 1.34. The van der Waals surface area contributed by atoms with Gasteiger partial charge in [-0.15, -0.1) is 0 Å². The SMILES string of the molecule is CC(=O)c1cc2c(cc1NC(=O)CN1CCN(C(=O)c3ccsc3)CC1)OCO2. The first-order valence-corrected chi connectivity index (χ1v) is 10.2. The van der Waals surface area contributed by atoms with Gasteiger partial charge in [0.15, 0.2) is 17.3 Å². The summed E-state index contributed by atoms with van der Waals surface area (Å²) in [6.45, 7) is 4.10. The van der Waals surface area contributed by atoms with E-state index >= 15 is 0 Å². The summed E-state index contributed by atoms with van der Waals surface area (Å²) < 4.78 is 10.6. The maximum Gasteiger partial charge on any atom is 0.254 e. The summed E-state index contributed by atoms with van der Waals surface area (Å²) in [6.07, 6.45) is 0. The average molecular weight is 415 g/mol. The predicted octanol–water partition coefficient (Wildman–Crippen LogP) is 2.08. The number of nitrogens with one attached hydrogen (secondary N) is 1. The minimum absolute atomic E-state index is 0.0295. The second kappa shape index (κ2) is 8.22. The second-order valence-electron chi connectivity index (χ2n) is 6.94. The Morgan fingerprint density at radius 2 is 1.83 bits per heavy atom. The molecule has 1 N–H and O–H groups in total. The number of anilines is 1. The second-order valence-corrected chi connectivity index (χ2v) is 7.72. The third-order valence-electron chi connectivity index (χ3n) is 4.96. The Morgan fingerprint density at radius 3 is 2.48 bits per heavy atom. The van der Waals surface area contributed by atoms with E-state index in [2.05, 4.69) is 5.32 Å². The Kier molecular flexibility index (Phi) is 5.50. The first-order chi connectivity index (χ1) is 14.0. The lowest BCUT2D eigenvalue weighted by Gasteiger charge is -2.34. The summed E-state index contributed by atoms with van der Waals surface area (Å²) in [5, 5.41) is 6.54. The van der Waals surface area contributed by atoms with Crippen LogP contribution in [0.5, 0.6) is 11.5 Å². The van der Waals surface area contributed by atoms with Crippen LogP contribution in [0.25, 0.3) is 0 Å². The molecule has 0 aliphatic carbocycles. The van der Waals surface area contributed by atoms with Crippen LogP contribution in [0, 0.1) is 0 Å². The normalized spacial score (nSPS) is 16.0. The van der Waals surface area contributed by atoms with Crippen LogP contribution in [-0.4, -0.2) is 66.9 Å². The molecule has 0 spiro atoms. The zero-order valence-electron chi connectivity index (χ0n) is 16.0. The molecule has 2 aliphatic heterocycles. The zero-order valence-corrected chi connectivity index (χ0v) is 16.8. The lowest BCUT2D eigenvalue weighted by molar-refractivity contribution is -0.117. The van der Waals surface area contributed by atoms with Gasteiger partial charge >= 0.3 is 0 Å². The number of benzene rings is 1. The number of Topliss-reactive ketones (excluding diaryl/α,β-unsaturated/α-hetero) is 1. The Hall–Kier alpha value is -2.91. The molecule has 8 nitrogen and oxygen atoms in total. The molecule has 2 aromatic rings. The van der Waals surface area contributed by atoms with Crippen molar-refractivity contribution in [3.63, 3.8) is 0 Å². The highest BCUT2D eigenvalue weighted by Crippen LogP contribution is 2.37. The summed E-state index contributed by atoms with van der Waals surface area (Å²) >= 11 is 1.50. The van der Waals surface area contributed by atoms with E-state index in [0.717, 1.165) is 0 Å². The highest BCUT2D eigenvalue weighted by molar-refractivity contribution is 7.08. The summed E-state index contributed by atoms with van der Waals surface area (Å²) in [4.78, 5) is 40.7. The van der Waals surface area contributed by atoms with Gasteiger partial charge in [0.1, 0.15) is 0 Å². The lowest BCUT2D eigenvalue weighted by Crippen LogP contribution is -2.50. The van der Waals surface area contributed by atoms with Gasteiger partial charge in [-0.2, -0.15) is 11.3 Å². The van der Waals surface area contributed by atoms with Crippen molar-refractivity contribution in [2.45, 2.75) is 6.92 Å². The molecule has 2 amide bonds. The molecule has 0 atom stereocenters. The van der Waals surface area contributed by atoms with Crippen molar-refractivity contribution in [3.8, 4) is 11.5 Å². The number of ketones is 1. The number of rotatable bonds is 5. The van der Waals surface area contributed by atoms with E-state index in [1.165, 1.54) is 18.3 Å². The maximum absolute atomic E-state index is 12.5. The zero-order chi connectivity index (χ0) is 20.4. The number of hydrogen-bond acceptors (Lipinski definition) is 7. The van der Waals surface area contributed by atoms with Crippen LogP contribution in [0.15, 0.2) is 29.0 Å². The number of ether oxygens (including phenoxy) is 2. The van der Waals surface area contributed by atoms with Crippen molar-refractivity contribution in [2.24, 2.45) is 0 Å². The topological polar surface area (TPSA) is 88.2 Å². The Morgan fingerprint density at radius 1 is 1.10 bits per heavy atom. The smallest absolute Gasteiger partial charge is 0.254 e. The van der Waals surface area contributed by atoms with Crippen LogP contribution >= 0.6 is 11.3 Å². The van der Waals surface area contributed by atoms with Crippen molar-refractivity contribution >= 4 is 34.6 Å².